The molecule has 2 N–H and O–H groups in total. The Balaban J connectivity index is 0.00000341. The minimum atomic E-state index is 0. The molecule has 0 saturated carbocycles. The zero-order valence-electron chi connectivity index (χ0n) is 19.6. The highest BCUT2D eigenvalue weighted by Crippen LogP contribution is 2.35. The first-order valence-corrected chi connectivity index (χ1v) is 11.2. The van der Waals surface area contributed by atoms with Crippen LogP contribution in [-0.2, 0) is 17.7 Å². The molecule has 2 aliphatic rings. The van der Waals surface area contributed by atoms with E-state index < -0.39 is 0 Å². The van der Waals surface area contributed by atoms with Crippen LogP contribution in [0.15, 0.2) is 17.1 Å². The first-order valence-electron chi connectivity index (χ1n) is 11.2. The number of fused-ring (bicyclic) bond motifs is 1. The maximum Gasteiger partial charge on any atom is 0.191 e. The zero-order chi connectivity index (χ0) is 21.5. The van der Waals surface area contributed by atoms with Gasteiger partial charge in [0.05, 0.1) is 19.8 Å². The maximum absolute atomic E-state index is 5.94. The molecular formula is C23H39IN4O3. The molecule has 8 heteroatoms. The molecule has 0 spiro atoms. The first kappa shape index (κ1) is 26.0. The summed E-state index contributed by atoms with van der Waals surface area (Å²) in [6.07, 6.45) is 1.16. The lowest BCUT2D eigenvalue weighted by molar-refractivity contribution is 0.00752. The second-order valence-corrected chi connectivity index (χ2v) is 8.40. The normalized spacial score (nSPS) is 19.9. The van der Waals surface area contributed by atoms with E-state index in [9.17, 15) is 0 Å². The Labute approximate surface area is 204 Å². The van der Waals surface area contributed by atoms with E-state index in [1.165, 1.54) is 5.56 Å². The smallest absolute Gasteiger partial charge is 0.191 e. The molecule has 0 bridgehead atoms. The van der Waals surface area contributed by atoms with Gasteiger partial charge in [-0.1, -0.05) is 13.8 Å². The van der Waals surface area contributed by atoms with Gasteiger partial charge in [0.25, 0.3) is 0 Å². The van der Waals surface area contributed by atoms with Gasteiger partial charge in [0, 0.05) is 56.8 Å². The van der Waals surface area contributed by atoms with Crippen LogP contribution in [0.2, 0.25) is 0 Å². The van der Waals surface area contributed by atoms with Gasteiger partial charge in [-0.3, -0.25) is 9.89 Å². The Kier molecular flexibility index (Phi) is 10.6. The number of aliphatic imine (C=N–C) groups is 1. The molecule has 7 nitrogen and oxygen atoms in total. The van der Waals surface area contributed by atoms with E-state index in [4.69, 9.17) is 14.2 Å². The van der Waals surface area contributed by atoms with E-state index in [0.29, 0.717) is 25.1 Å². The van der Waals surface area contributed by atoms with Crippen molar-refractivity contribution in [3.05, 3.63) is 23.3 Å². The molecule has 0 amide bonds. The fraction of sp³-hybridized carbons (Fsp3) is 0.696. The third kappa shape index (κ3) is 7.12. The summed E-state index contributed by atoms with van der Waals surface area (Å²) in [7, 11) is 1.81. The molecule has 1 saturated heterocycles. The third-order valence-corrected chi connectivity index (χ3v) is 5.81. The predicted molar refractivity (Wildman–Crippen MR) is 136 cm³/mol. The van der Waals surface area contributed by atoms with E-state index in [2.05, 4.69) is 53.4 Å². The van der Waals surface area contributed by atoms with Gasteiger partial charge in [-0.15, -0.1) is 24.0 Å². The molecule has 1 aromatic carbocycles. The van der Waals surface area contributed by atoms with Crippen molar-refractivity contribution in [3.63, 3.8) is 0 Å². The number of hydrogen-bond donors (Lipinski definition) is 2. The molecule has 176 valence electrons. The van der Waals surface area contributed by atoms with E-state index in [1.54, 1.807) is 0 Å². The molecule has 0 aliphatic carbocycles. The summed E-state index contributed by atoms with van der Waals surface area (Å²) in [4.78, 5) is 6.93. The minimum absolute atomic E-state index is 0. The van der Waals surface area contributed by atoms with Crippen molar-refractivity contribution in [2.24, 2.45) is 10.9 Å². The van der Waals surface area contributed by atoms with Crippen LogP contribution < -0.4 is 20.1 Å². The zero-order valence-corrected chi connectivity index (χ0v) is 21.9. The van der Waals surface area contributed by atoms with Crippen molar-refractivity contribution in [1.82, 2.24) is 15.5 Å². The molecule has 2 atom stereocenters. The van der Waals surface area contributed by atoms with E-state index in [1.807, 2.05) is 14.0 Å². The number of morpholine rings is 1. The van der Waals surface area contributed by atoms with Gasteiger partial charge in [0.1, 0.15) is 17.6 Å². The van der Waals surface area contributed by atoms with Crippen LogP contribution in [-0.4, -0.2) is 69.5 Å². The second kappa shape index (κ2) is 12.7. The van der Waals surface area contributed by atoms with Crippen molar-refractivity contribution in [2.45, 2.75) is 52.8 Å². The number of hydrogen-bond acceptors (Lipinski definition) is 5. The summed E-state index contributed by atoms with van der Waals surface area (Å²) in [6.45, 7) is 14.4. The van der Waals surface area contributed by atoms with Gasteiger partial charge in [-0.05, 0) is 31.9 Å². The lowest BCUT2D eigenvalue weighted by Crippen LogP contribution is -2.52. The van der Waals surface area contributed by atoms with Gasteiger partial charge in [-0.25, -0.2) is 0 Å². The number of nitrogens with zero attached hydrogens (tertiary/aromatic N) is 2. The lowest BCUT2D eigenvalue weighted by Gasteiger charge is -2.37. The largest absolute Gasteiger partial charge is 0.494 e. The Morgan fingerprint density at radius 1 is 1.26 bits per heavy atom. The monoisotopic (exact) mass is 546 g/mol. The van der Waals surface area contributed by atoms with Crippen molar-refractivity contribution >= 4 is 29.9 Å². The number of ether oxygens (including phenoxy) is 3. The summed E-state index contributed by atoms with van der Waals surface area (Å²) in [5.41, 5.74) is 2.31. The minimum Gasteiger partial charge on any atom is -0.494 e. The molecule has 1 aromatic rings. The molecule has 2 heterocycles. The molecule has 2 aliphatic heterocycles. The molecule has 0 aromatic heterocycles. The number of halogens is 1. The van der Waals surface area contributed by atoms with Crippen LogP contribution in [0, 0.1) is 5.92 Å². The van der Waals surface area contributed by atoms with Gasteiger partial charge in [0.15, 0.2) is 5.96 Å². The molecule has 2 unspecified atom stereocenters. The van der Waals surface area contributed by atoms with Gasteiger partial charge in [-0.2, -0.15) is 0 Å². The van der Waals surface area contributed by atoms with Crippen molar-refractivity contribution in [3.8, 4) is 11.5 Å². The van der Waals surface area contributed by atoms with Gasteiger partial charge < -0.3 is 24.8 Å². The standard InChI is InChI=1S/C23H38N4O3.HI/c1-6-29-21-12-18-11-17(4)30-22(18)13-19(21)14-25-23(24-5)26-15-20(16(2)3)27-7-9-28-10-8-27;/h12-13,16-17,20H,6-11,14-15H2,1-5H3,(H2,24,25,26);1H. The topological polar surface area (TPSA) is 67.4 Å². The van der Waals surface area contributed by atoms with Crippen LogP contribution >= 0.6 is 24.0 Å². The third-order valence-electron chi connectivity index (χ3n) is 5.81. The van der Waals surface area contributed by atoms with E-state index in [-0.39, 0.29) is 30.1 Å². The Hall–Kier alpha value is -1.26. The molecule has 31 heavy (non-hydrogen) atoms. The van der Waals surface area contributed by atoms with Crippen molar-refractivity contribution < 1.29 is 14.2 Å². The highest BCUT2D eigenvalue weighted by Gasteiger charge is 2.24. The van der Waals surface area contributed by atoms with Crippen LogP contribution in [0.4, 0.5) is 0 Å². The number of guanidine groups is 1. The fourth-order valence-corrected chi connectivity index (χ4v) is 4.21. The lowest BCUT2D eigenvalue weighted by atomic mass is 10.0. The highest BCUT2D eigenvalue weighted by molar-refractivity contribution is 14.0. The summed E-state index contributed by atoms with van der Waals surface area (Å²) >= 11 is 0. The Morgan fingerprint density at radius 2 is 2.00 bits per heavy atom. The average Bonchev–Trinajstić information content (AvgIpc) is 3.10. The highest BCUT2D eigenvalue weighted by atomic mass is 127. The fourth-order valence-electron chi connectivity index (χ4n) is 4.21. The van der Waals surface area contributed by atoms with Crippen molar-refractivity contribution in [1.29, 1.82) is 0 Å². The first-order chi connectivity index (χ1) is 14.5. The van der Waals surface area contributed by atoms with Crippen molar-refractivity contribution in [2.75, 3.05) is 46.5 Å². The van der Waals surface area contributed by atoms with Crippen LogP contribution in [0.25, 0.3) is 0 Å². The van der Waals surface area contributed by atoms with Crippen LogP contribution in [0.5, 0.6) is 11.5 Å². The molecule has 3 rings (SSSR count). The van der Waals surface area contributed by atoms with Crippen LogP contribution in [0.1, 0.15) is 38.8 Å². The van der Waals surface area contributed by atoms with E-state index >= 15 is 0 Å². The Bertz CT molecular complexity index is 723. The summed E-state index contributed by atoms with van der Waals surface area (Å²) in [6, 6.07) is 4.68. The van der Waals surface area contributed by atoms with Gasteiger partial charge in [0.2, 0.25) is 0 Å². The molecule has 1 fully saturated rings. The Morgan fingerprint density at radius 3 is 2.65 bits per heavy atom. The summed E-state index contributed by atoms with van der Waals surface area (Å²) in [5, 5.41) is 6.96. The summed E-state index contributed by atoms with van der Waals surface area (Å²) < 4.78 is 17.4. The molecular weight excluding hydrogens is 507 g/mol. The maximum atomic E-state index is 5.94. The van der Waals surface area contributed by atoms with Gasteiger partial charge >= 0.3 is 0 Å². The SMILES string of the molecule is CCOc1cc2c(cc1CNC(=NC)NCC(C(C)C)N1CCOCC1)OC(C)C2.I. The number of rotatable bonds is 8. The number of nitrogens with one attached hydrogen (secondary N) is 2. The summed E-state index contributed by atoms with van der Waals surface area (Å²) in [5.74, 6) is 3.24. The predicted octanol–water partition coefficient (Wildman–Crippen LogP) is 3.05. The quantitative estimate of drug-likeness (QED) is 0.297. The van der Waals surface area contributed by atoms with Crippen LogP contribution in [0.3, 0.4) is 0 Å². The average molecular weight is 546 g/mol. The second-order valence-electron chi connectivity index (χ2n) is 8.40. The molecule has 0 radical (unpaired) electrons. The van der Waals surface area contributed by atoms with E-state index in [0.717, 1.165) is 62.3 Å². The number of benzene rings is 1.